The van der Waals surface area contributed by atoms with Crippen LogP contribution in [0.5, 0.6) is 0 Å². The van der Waals surface area contributed by atoms with Crippen molar-refractivity contribution in [2.45, 2.75) is 17.7 Å². The molecule has 0 fully saturated rings. The number of nitrogens with zero attached hydrogens (tertiary/aromatic N) is 1. The zero-order valence-electron chi connectivity index (χ0n) is 9.89. The van der Waals surface area contributed by atoms with E-state index in [4.69, 9.17) is 0 Å². The van der Waals surface area contributed by atoms with E-state index in [1.165, 1.54) is 5.56 Å². The molecule has 0 spiro atoms. The number of rotatable bonds is 5. The molecular weight excluding hydrogens is 228 g/mol. The van der Waals surface area contributed by atoms with Gasteiger partial charge >= 0.3 is 0 Å². The number of pyridine rings is 1. The van der Waals surface area contributed by atoms with E-state index < -0.39 is 0 Å². The average Bonchev–Trinajstić information content (AvgIpc) is 2.39. The van der Waals surface area contributed by atoms with Crippen molar-refractivity contribution in [3.63, 3.8) is 0 Å². The van der Waals surface area contributed by atoms with Gasteiger partial charge in [0.25, 0.3) is 0 Å². The van der Waals surface area contributed by atoms with Crippen molar-refractivity contribution in [2.75, 3.05) is 11.9 Å². The number of nitrogens with one attached hydrogen (secondary N) is 1. The third kappa shape index (κ3) is 3.79. The average molecular weight is 244 g/mol. The van der Waals surface area contributed by atoms with Gasteiger partial charge in [-0.25, -0.2) is 4.98 Å². The molecule has 0 aliphatic carbocycles. The van der Waals surface area contributed by atoms with Crippen LogP contribution in [-0.4, -0.2) is 11.5 Å². The summed E-state index contributed by atoms with van der Waals surface area (Å²) in [5.74, 6) is 1.91. The lowest BCUT2D eigenvalue weighted by atomic mass is 10.2. The van der Waals surface area contributed by atoms with Gasteiger partial charge in [-0.05, 0) is 24.6 Å². The summed E-state index contributed by atoms with van der Waals surface area (Å²) in [4.78, 5) is 4.53. The van der Waals surface area contributed by atoms with Gasteiger partial charge in [0.05, 0.1) is 5.03 Å². The molecule has 1 aromatic carbocycles. The van der Waals surface area contributed by atoms with Crippen molar-refractivity contribution in [3.8, 4) is 0 Å². The Kier molecular flexibility index (Phi) is 4.45. The molecule has 0 unspecified atom stereocenters. The maximum Gasteiger partial charge on any atom is 0.127 e. The summed E-state index contributed by atoms with van der Waals surface area (Å²) < 4.78 is 0. The number of hydrogen-bond acceptors (Lipinski definition) is 3. The minimum Gasteiger partial charge on any atom is -0.370 e. The summed E-state index contributed by atoms with van der Waals surface area (Å²) in [5, 5.41) is 4.28. The van der Waals surface area contributed by atoms with Gasteiger partial charge in [0.2, 0.25) is 0 Å². The van der Waals surface area contributed by atoms with Crippen molar-refractivity contribution in [1.29, 1.82) is 0 Å². The van der Waals surface area contributed by atoms with Crippen LogP contribution in [0.25, 0.3) is 0 Å². The molecule has 0 atom stereocenters. The molecule has 1 aromatic heterocycles. The first-order valence-electron chi connectivity index (χ1n) is 5.76. The topological polar surface area (TPSA) is 24.9 Å². The zero-order valence-corrected chi connectivity index (χ0v) is 10.7. The Morgan fingerprint density at radius 1 is 1.06 bits per heavy atom. The van der Waals surface area contributed by atoms with Crippen molar-refractivity contribution in [2.24, 2.45) is 0 Å². The molecule has 0 amide bonds. The van der Waals surface area contributed by atoms with Gasteiger partial charge in [-0.1, -0.05) is 36.4 Å². The standard InChI is InChI=1S/C14H16N2S/c1-2-15-13-9-6-10-14(16-13)17-11-12-7-4-3-5-8-12/h3-10H,2,11H2,1H3,(H,15,16). The van der Waals surface area contributed by atoms with E-state index in [0.717, 1.165) is 23.1 Å². The minimum absolute atomic E-state index is 0.903. The molecule has 0 saturated carbocycles. The fourth-order valence-corrected chi connectivity index (χ4v) is 2.35. The Morgan fingerprint density at radius 3 is 2.65 bits per heavy atom. The molecule has 2 nitrogen and oxygen atoms in total. The first kappa shape index (κ1) is 12.0. The highest BCUT2D eigenvalue weighted by atomic mass is 32.2. The first-order chi connectivity index (χ1) is 8.38. The van der Waals surface area contributed by atoms with E-state index in [-0.39, 0.29) is 0 Å². The predicted molar refractivity (Wildman–Crippen MR) is 74.4 cm³/mol. The zero-order chi connectivity index (χ0) is 11.9. The SMILES string of the molecule is CCNc1cccc(SCc2ccccc2)n1. The van der Waals surface area contributed by atoms with E-state index >= 15 is 0 Å². The van der Waals surface area contributed by atoms with Crippen molar-refractivity contribution in [1.82, 2.24) is 4.98 Å². The molecule has 3 heteroatoms. The van der Waals surface area contributed by atoms with Gasteiger partial charge in [0.15, 0.2) is 0 Å². The largest absolute Gasteiger partial charge is 0.370 e. The number of hydrogen-bond donors (Lipinski definition) is 1. The summed E-state index contributed by atoms with van der Waals surface area (Å²) >= 11 is 1.76. The van der Waals surface area contributed by atoms with Gasteiger partial charge in [0, 0.05) is 12.3 Å². The number of aromatic nitrogens is 1. The summed E-state index contributed by atoms with van der Waals surface area (Å²) in [6, 6.07) is 16.5. The summed E-state index contributed by atoms with van der Waals surface area (Å²) in [6.07, 6.45) is 0. The van der Waals surface area contributed by atoms with Gasteiger partial charge in [-0.15, -0.1) is 11.8 Å². The normalized spacial score (nSPS) is 10.2. The van der Waals surface area contributed by atoms with Crippen LogP contribution in [0.1, 0.15) is 12.5 Å². The van der Waals surface area contributed by atoms with Crippen LogP contribution in [-0.2, 0) is 5.75 Å². The van der Waals surface area contributed by atoms with Crippen LogP contribution in [0, 0.1) is 0 Å². The van der Waals surface area contributed by atoms with Crippen LogP contribution < -0.4 is 5.32 Å². The lowest BCUT2D eigenvalue weighted by Gasteiger charge is -2.05. The first-order valence-corrected chi connectivity index (χ1v) is 6.74. The number of anilines is 1. The van der Waals surface area contributed by atoms with Crippen LogP contribution in [0.4, 0.5) is 5.82 Å². The maximum atomic E-state index is 4.53. The molecule has 0 radical (unpaired) electrons. The second-order valence-corrected chi connectivity index (χ2v) is 4.66. The lowest BCUT2D eigenvalue weighted by molar-refractivity contribution is 1.08. The molecule has 1 N–H and O–H groups in total. The molecule has 0 saturated heterocycles. The van der Waals surface area contributed by atoms with Crippen LogP contribution in [0.3, 0.4) is 0 Å². The van der Waals surface area contributed by atoms with Crippen molar-refractivity contribution in [3.05, 3.63) is 54.1 Å². The maximum absolute atomic E-state index is 4.53. The number of thioether (sulfide) groups is 1. The van der Waals surface area contributed by atoms with Gasteiger partial charge < -0.3 is 5.32 Å². The van der Waals surface area contributed by atoms with Gasteiger partial charge in [-0.2, -0.15) is 0 Å². The number of benzene rings is 1. The van der Waals surface area contributed by atoms with E-state index in [1.54, 1.807) is 11.8 Å². The third-order valence-electron chi connectivity index (χ3n) is 2.31. The second-order valence-electron chi connectivity index (χ2n) is 3.67. The van der Waals surface area contributed by atoms with E-state index in [2.05, 4.69) is 47.6 Å². The Hall–Kier alpha value is -1.48. The monoisotopic (exact) mass is 244 g/mol. The van der Waals surface area contributed by atoms with Crippen molar-refractivity contribution >= 4 is 17.6 Å². The van der Waals surface area contributed by atoms with Gasteiger partial charge in [-0.3, -0.25) is 0 Å². The minimum atomic E-state index is 0.903. The fraction of sp³-hybridized carbons (Fsp3) is 0.214. The van der Waals surface area contributed by atoms with E-state index in [9.17, 15) is 0 Å². The molecule has 0 aliphatic rings. The highest BCUT2D eigenvalue weighted by Crippen LogP contribution is 2.21. The van der Waals surface area contributed by atoms with E-state index in [0.29, 0.717) is 0 Å². The van der Waals surface area contributed by atoms with E-state index in [1.807, 2.05) is 18.2 Å². The summed E-state index contributed by atoms with van der Waals surface area (Å²) in [7, 11) is 0. The van der Waals surface area contributed by atoms with Gasteiger partial charge in [0.1, 0.15) is 5.82 Å². The molecular formula is C14H16N2S. The Balaban J connectivity index is 1.97. The van der Waals surface area contributed by atoms with Crippen LogP contribution in [0.2, 0.25) is 0 Å². The Bertz CT molecular complexity index is 457. The fourth-order valence-electron chi connectivity index (χ4n) is 1.51. The third-order valence-corrected chi connectivity index (χ3v) is 3.31. The molecule has 17 heavy (non-hydrogen) atoms. The van der Waals surface area contributed by atoms with Crippen molar-refractivity contribution < 1.29 is 0 Å². The van der Waals surface area contributed by atoms with Crippen LogP contribution in [0.15, 0.2) is 53.6 Å². The Morgan fingerprint density at radius 2 is 1.88 bits per heavy atom. The van der Waals surface area contributed by atoms with Crippen LogP contribution >= 0.6 is 11.8 Å². The quantitative estimate of drug-likeness (QED) is 0.810. The highest BCUT2D eigenvalue weighted by Gasteiger charge is 1.98. The molecule has 1 heterocycles. The molecule has 2 rings (SSSR count). The lowest BCUT2D eigenvalue weighted by Crippen LogP contribution is -1.99. The Labute approximate surface area is 106 Å². The molecule has 88 valence electrons. The molecule has 2 aromatic rings. The molecule has 0 aliphatic heterocycles. The highest BCUT2D eigenvalue weighted by molar-refractivity contribution is 7.98. The smallest absolute Gasteiger partial charge is 0.127 e. The summed E-state index contributed by atoms with van der Waals surface area (Å²) in [5.41, 5.74) is 1.33. The second kappa shape index (κ2) is 6.30. The predicted octanol–water partition coefficient (Wildman–Crippen LogP) is 3.81. The summed E-state index contributed by atoms with van der Waals surface area (Å²) in [6.45, 7) is 2.98. The molecule has 0 bridgehead atoms.